The maximum atomic E-state index is 12.8. The lowest BCUT2D eigenvalue weighted by atomic mass is 9.84. The molecule has 1 aliphatic heterocycles. The summed E-state index contributed by atoms with van der Waals surface area (Å²) in [7, 11) is 1.84. The molecule has 0 atom stereocenters. The van der Waals surface area contributed by atoms with E-state index in [1.54, 1.807) is 4.68 Å². The van der Waals surface area contributed by atoms with Gasteiger partial charge in [-0.1, -0.05) is 11.3 Å². The van der Waals surface area contributed by atoms with Crippen LogP contribution in [0.25, 0.3) is 22.2 Å². The zero-order chi connectivity index (χ0) is 21.2. The number of fused-ring (bicyclic) bond motifs is 1. The molecule has 3 heterocycles. The van der Waals surface area contributed by atoms with Crippen molar-refractivity contribution in [2.75, 3.05) is 31.6 Å². The summed E-state index contributed by atoms with van der Waals surface area (Å²) in [6, 6.07) is 8.31. The number of aromatic nitrogens is 5. The number of morpholine rings is 1. The Hall–Kier alpha value is -2.91. The summed E-state index contributed by atoms with van der Waals surface area (Å²) in [5, 5.41) is 20.5. The first-order valence-corrected chi connectivity index (χ1v) is 10.9. The highest BCUT2D eigenvalue weighted by molar-refractivity contribution is 5.94. The Labute approximate surface area is 180 Å². The average molecular weight is 422 g/mol. The normalized spacial score (nSPS) is 22.5. The summed E-state index contributed by atoms with van der Waals surface area (Å²) in [5.41, 5.74) is 2.52. The van der Waals surface area contributed by atoms with E-state index in [4.69, 9.17) is 4.74 Å². The Kier molecular flexibility index (Phi) is 5.61. The van der Waals surface area contributed by atoms with Gasteiger partial charge in [-0.25, -0.2) is 0 Å². The third kappa shape index (κ3) is 4.42. The number of aryl methyl sites for hydroxylation is 1. The first-order valence-electron chi connectivity index (χ1n) is 10.9. The average Bonchev–Trinajstić information content (AvgIpc) is 3.25. The van der Waals surface area contributed by atoms with E-state index in [1.165, 1.54) is 0 Å². The van der Waals surface area contributed by atoms with Gasteiger partial charge in [0.1, 0.15) is 5.69 Å². The fraction of sp³-hybridized carbons (Fsp3) is 0.500. The molecule has 9 nitrogen and oxygen atoms in total. The summed E-state index contributed by atoms with van der Waals surface area (Å²) in [4.78, 5) is 15.4. The van der Waals surface area contributed by atoms with Crippen molar-refractivity contribution in [1.29, 1.82) is 0 Å². The van der Waals surface area contributed by atoms with Gasteiger partial charge >= 0.3 is 0 Å². The second-order valence-electron chi connectivity index (χ2n) is 8.42. The van der Waals surface area contributed by atoms with E-state index in [1.807, 2.05) is 37.5 Å². The molecule has 0 bridgehead atoms. The van der Waals surface area contributed by atoms with E-state index in [2.05, 4.69) is 30.7 Å². The number of benzene rings is 1. The number of hydrogen-bond acceptors (Lipinski definition) is 7. The first-order chi connectivity index (χ1) is 15.2. The highest BCUT2D eigenvalue weighted by Crippen LogP contribution is 2.29. The molecule has 31 heavy (non-hydrogen) atoms. The maximum Gasteiger partial charge on any atom is 0.228 e. The zero-order valence-corrected chi connectivity index (χ0v) is 17.7. The molecular weight excluding hydrogens is 394 g/mol. The third-order valence-corrected chi connectivity index (χ3v) is 6.36. The van der Waals surface area contributed by atoms with Crippen LogP contribution in [0.15, 0.2) is 30.5 Å². The molecule has 2 fully saturated rings. The van der Waals surface area contributed by atoms with Crippen LogP contribution in [0.3, 0.4) is 0 Å². The van der Waals surface area contributed by atoms with Crippen molar-refractivity contribution >= 4 is 22.6 Å². The van der Waals surface area contributed by atoms with Crippen LogP contribution in [0.2, 0.25) is 0 Å². The number of hydrogen-bond donors (Lipinski definition) is 1. The number of anilines is 1. The number of carbonyl (C=O) groups excluding carboxylic acids is 1. The predicted octanol–water partition coefficient (Wildman–Crippen LogP) is 2.25. The van der Waals surface area contributed by atoms with Gasteiger partial charge < -0.3 is 10.1 Å². The highest BCUT2D eigenvalue weighted by Gasteiger charge is 2.30. The molecule has 2 aromatic heterocycles. The van der Waals surface area contributed by atoms with Gasteiger partial charge in [0, 0.05) is 43.0 Å². The summed E-state index contributed by atoms with van der Waals surface area (Å²) in [6.45, 7) is 3.65. The van der Waals surface area contributed by atoms with Gasteiger partial charge in [-0.05, 0) is 43.9 Å². The molecule has 1 saturated carbocycles. The topological polar surface area (TPSA) is 98.1 Å². The molecule has 9 heteroatoms. The summed E-state index contributed by atoms with van der Waals surface area (Å²) >= 11 is 0. The summed E-state index contributed by atoms with van der Waals surface area (Å²) < 4.78 is 7.12. The number of ether oxygens (including phenoxy) is 1. The van der Waals surface area contributed by atoms with Crippen LogP contribution in [0, 0.1) is 5.92 Å². The molecule has 1 saturated heterocycles. The van der Waals surface area contributed by atoms with E-state index >= 15 is 0 Å². The van der Waals surface area contributed by atoms with E-state index in [0.717, 1.165) is 74.1 Å². The smallest absolute Gasteiger partial charge is 0.228 e. The van der Waals surface area contributed by atoms with Gasteiger partial charge in [0.2, 0.25) is 5.91 Å². The van der Waals surface area contributed by atoms with Crippen molar-refractivity contribution in [3.05, 3.63) is 30.5 Å². The third-order valence-electron chi connectivity index (χ3n) is 6.36. The number of carbonyl (C=O) groups is 1. The quantitative estimate of drug-likeness (QED) is 0.690. The summed E-state index contributed by atoms with van der Waals surface area (Å²) in [6.07, 6.45) is 5.80. The zero-order valence-electron chi connectivity index (χ0n) is 17.7. The van der Waals surface area contributed by atoms with Crippen molar-refractivity contribution in [1.82, 2.24) is 30.1 Å². The van der Waals surface area contributed by atoms with Crippen molar-refractivity contribution in [2.45, 2.75) is 31.7 Å². The number of nitrogens with one attached hydrogen (secondary N) is 1. The molecule has 162 valence electrons. The monoisotopic (exact) mass is 421 g/mol. The molecule has 0 unspecified atom stereocenters. The van der Waals surface area contributed by atoms with Crippen molar-refractivity contribution < 1.29 is 9.53 Å². The second-order valence-corrected chi connectivity index (χ2v) is 8.42. The Balaban J connectivity index is 1.24. The number of rotatable bonds is 4. The molecule has 0 radical (unpaired) electrons. The van der Waals surface area contributed by atoms with Crippen molar-refractivity contribution in [3.63, 3.8) is 0 Å². The second kappa shape index (κ2) is 8.68. The lowest BCUT2D eigenvalue weighted by Gasteiger charge is -2.38. The SMILES string of the molecule is Cn1cc(-c2ccc3nnc(NC(=O)[C@H]4CC[C@H](N5CCOCC5)CC4)cc3c2)nn1. The van der Waals surface area contributed by atoms with Gasteiger partial charge in [0.15, 0.2) is 5.82 Å². The van der Waals surface area contributed by atoms with Crippen LogP contribution in [-0.4, -0.2) is 68.3 Å². The molecule has 2 aliphatic rings. The van der Waals surface area contributed by atoms with E-state index < -0.39 is 0 Å². The first kappa shape index (κ1) is 20.0. The number of amides is 1. The fourth-order valence-corrected chi connectivity index (χ4v) is 4.62. The standard InChI is InChI=1S/C22H27N7O2/c1-28-14-20(25-27-28)16-4-7-19-17(12-16)13-21(26-24-19)23-22(30)15-2-5-18(6-3-15)29-8-10-31-11-9-29/h4,7,12-15,18H,2-3,5-6,8-11H2,1H3,(H,23,26,30)/t15-,18-. The molecule has 1 aromatic carbocycles. The molecule has 1 amide bonds. The van der Waals surface area contributed by atoms with E-state index in [-0.39, 0.29) is 11.8 Å². The Morgan fingerprint density at radius 1 is 1.06 bits per heavy atom. The van der Waals surface area contributed by atoms with Gasteiger partial charge in [-0.2, -0.15) is 0 Å². The van der Waals surface area contributed by atoms with Gasteiger partial charge in [-0.3, -0.25) is 14.4 Å². The summed E-state index contributed by atoms with van der Waals surface area (Å²) in [5.74, 6) is 0.559. The molecule has 3 aromatic rings. The predicted molar refractivity (Wildman–Crippen MR) is 116 cm³/mol. The maximum absolute atomic E-state index is 12.8. The van der Waals surface area contributed by atoms with Crippen LogP contribution in [0.4, 0.5) is 5.82 Å². The van der Waals surface area contributed by atoms with Crippen LogP contribution < -0.4 is 5.32 Å². The van der Waals surface area contributed by atoms with Crippen LogP contribution in [-0.2, 0) is 16.6 Å². The Morgan fingerprint density at radius 3 is 2.61 bits per heavy atom. The molecule has 1 N–H and O–H groups in total. The van der Waals surface area contributed by atoms with Gasteiger partial charge in [0.05, 0.1) is 24.9 Å². The van der Waals surface area contributed by atoms with Crippen LogP contribution in [0.1, 0.15) is 25.7 Å². The minimum absolute atomic E-state index is 0.0284. The van der Waals surface area contributed by atoms with Gasteiger partial charge in [0.25, 0.3) is 0 Å². The lowest BCUT2D eigenvalue weighted by Crippen LogP contribution is -2.45. The number of nitrogens with zero attached hydrogens (tertiary/aromatic N) is 6. The van der Waals surface area contributed by atoms with Crippen LogP contribution >= 0.6 is 0 Å². The van der Waals surface area contributed by atoms with E-state index in [0.29, 0.717) is 11.9 Å². The lowest BCUT2D eigenvalue weighted by molar-refractivity contribution is -0.121. The van der Waals surface area contributed by atoms with Crippen molar-refractivity contribution in [2.24, 2.45) is 13.0 Å². The molecule has 1 aliphatic carbocycles. The van der Waals surface area contributed by atoms with Crippen molar-refractivity contribution in [3.8, 4) is 11.3 Å². The van der Waals surface area contributed by atoms with Crippen LogP contribution in [0.5, 0.6) is 0 Å². The Bertz CT molecular complexity index is 1070. The highest BCUT2D eigenvalue weighted by atomic mass is 16.5. The molecular formula is C22H27N7O2. The van der Waals surface area contributed by atoms with E-state index in [9.17, 15) is 4.79 Å². The fourth-order valence-electron chi connectivity index (χ4n) is 4.62. The van der Waals surface area contributed by atoms with Gasteiger partial charge in [-0.15, -0.1) is 15.3 Å². The largest absolute Gasteiger partial charge is 0.379 e. The molecule has 0 spiro atoms. The molecule has 5 rings (SSSR count). The Morgan fingerprint density at radius 2 is 1.87 bits per heavy atom. The minimum Gasteiger partial charge on any atom is -0.379 e. The minimum atomic E-state index is 0.0284.